The van der Waals surface area contributed by atoms with Crippen LogP contribution in [0, 0.1) is 3.57 Å². The second-order valence-electron chi connectivity index (χ2n) is 4.75. The topological polar surface area (TPSA) is 71.4 Å². The lowest BCUT2D eigenvalue weighted by Gasteiger charge is -2.09. The first kappa shape index (κ1) is 14.6. The summed E-state index contributed by atoms with van der Waals surface area (Å²) in [6.45, 7) is 0. The fourth-order valence-corrected chi connectivity index (χ4v) is 3.89. The number of aromatic carboxylic acids is 1. The molecule has 0 radical (unpaired) electrons. The molecule has 3 aromatic carbocycles. The normalized spacial score (nSPS) is 11.0. The van der Waals surface area contributed by atoms with Gasteiger partial charge in [0, 0.05) is 0 Å². The highest BCUT2D eigenvalue weighted by atomic mass is 127. The quantitative estimate of drug-likeness (QED) is 0.647. The molecule has 0 saturated carbocycles. The first-order valence-corrected chi connectivity index (χ1v) is 9.33. The molecule has 1 N–H and O–H groups in total. The molecular formula is C17H11IO4. The third kappa shape index (κ3) is 2.59. The molecule has 0 saturated heterocycles. The molecule has 0 aromatic heterocycles. The zero-order chi connectivity index (χ0) is 15.7. The van der Waals surface area contributed by atoms with Gasteiger partial charge in [0.2, 0.25) is 0 Å². The Balaban J connectivity index is 2.38. The SMILES string of the molecule is O=C(O)c1cc2cccc(-c3ccccc3)c2cc1I(=O)=O. The molecule has 0 aliphatic heterocycles. The van der Waals surface area contributed by atoms with Crippen LogP contribution in [0.1, 0.15) is 10.4 Å². The summed E-state index contributed by atoms with van der Waals surface area (Å²) >= 11 is -3.91. The number of fused-ring (bicyclic) bond motifs is 1. The average molecular weight is 406 g/mol. The van der Waals surface area contributed by atoms with Gasteiger partial charge in [-0.15, -0.1) is 0 Å². The van der Waals surface area contributed by atoms with Gasteiger partial charge in [0.1, 0.15) is 0 Å². The van der Waals surface area contributed by atoms with E-state index in [1.165, 1.54) is 12.1 Å². The van der Waals surface area contributed by atoms with Crippen molar-refractivity contribution in [2.45, 2.75) is 0 Å². The molecule has 0 amide bonds. The van der Waals surface area contributed by atoms with Crippen LogP contribution in [0.4, 0.5) is 0 Å². The van der Waals surface area contributed by atoms with Gasteiger partial charge in [-0.2, -0.15) is 0 Å². The molecule has 4 nitrogen and oxygen atoms in total. The molecule has 110 valence electrons. The molecule has 0 atom stereocenters. The van der Waals surface area contributed by atoms with Gasteiger partial charge >= 0.3 is 25.8 Å². The van der Waals surface area contributed by atoms with E-state index in [0.717, 1.165) is 16.5 Å². The van der Waals surface area contributed by atoms with Gasteiger partial charge in [-0.3, -0.25) is 0 Å². The van der Waals surface area contributed by atoms with Crippen LogP contribution in [0.5, 0.6) is 0 Å². The largest absolute Gasteiger partial charge is 0.478 e. The van der Waals surface area contributed by atoms with Crippen LogP contribution in [0.3, 0.4) is 0 Å². The molecule has 5 heteroatoms. The van der Waals surface area contributed by atoms with Gasteiger partial charge in [-0.1, -0.05) is 48.5 Å². The van der Waals surface area contributed by atoms with Crippen molar-refractivity contribution in [2.24, 2.45) is 0 Å². The Labute approximate surface area is 133 Å². The lowest BCUT2D eigenvalue weighted by Crippen LogP contribution is -2.00. The molecule has 0 spiro atoms. The molecule has 3 rings (SSSR count). The summed E-state index contributed by atoms with van der Waals surface area (Å²) in [6, 6.07) is 18.0. The highest BCUT2D eigenvalue weighted by Gasteiger charge is 2.16. The summed E-state index contributed by atoms with van der Waals surface area (Å²) in [5.41, 5.74) is 1.68. The zero-order valence-electron chi connectivity index (χ0n) is 11.3. The maximum Gasteiger partial charge on any atom is 0.341 e. The minimum atomic E-state index is -3.91. The first-order chi connectivity index (χ1) is 10.6. The Morgan fingerprint density at radius 3 is 2.27 bits per heavy atom. The molecule has 3 aromatic rings. The summed E-state index contributed by atoms with van der Waals surface area (Å²) in [4.78, 5) is 11.3. The summed E-state index contributed by atoms with van der Waals surface area (Å²) in [6.07, 6.45) is 0. The Kier molecular flexibility index (Phi) is 3.89. The molecule has 0 fully saturated rings. The molecule has 0 unspecified atom stereocenters. The van der Waals surface area contributed by atoms with E-state index in [1.54, 1.807) is 6.07 Å². The lowest BCUT2D eigenvalue weighted by atomic mass is 9.97. The minimum Gasteiger partial charge on any atom is -0.478 e. The fraction of sp³-hybridized carbons (Fsp3) is 0. The first-order valence-electron chi connectivity index (χ1n) is 6.48. The summed E-state index contributed by atoms with van der Waals surface area (Å²) < 4.78 is 22.9. The molecule has 0 bridgehead atoms. The summed E-state index contributed by atoms with van der Waals surface area (Å²) in [5, 5.41) is 10.7. The van der Waals surface area contributed by atoms with Gasteiger partial charge in [0.15, 0.2) is 0 Å². The van der Waals surface area contributed by atoms with Crippen molar-refractivity contribution in [1.29, 1.82) is 0 Å². The van der Waals surface area contributed by atoms with Crippen LogP contribution < -0.4 is 0 Å². The Morgan fingerprint density at radius 2 is 1.64 bits per heavy atom. The van der Waals surface area contributed by atoms with Gasteiger partial charge in [-0.25, -0.2) is 10.9 Å². The number of hydrogen-bond acceptors (Lipinski definition) is 3. The van der Waals surface area contributed by atoms with Crippen LogP contribution in [0.25, 0.3) is 21.9 Å². The summed E-state index contributed by atoms with van der Waals surface area (Å²) in [5.74, 6) is -1.23. The van der Waals surface area contributed by atoms with Crippen LogP contribution in [0.2, 0.25) is 0 Å². The number of hydrogen-bond donors (Lipinski definition) is 1. The van der Waals surface area contributed by atoms with Crippen LogP contribution in [-0.4, -0.2) is 11.1 Å². The van der Waals surface area contributed by atoms with E-state index in [4.69, 9.17) is 0 Å². The summed E-state index contributed by atoms with van der Waals surface area (Å²) in [7, 11) is 0. The van der Waals surface area contributed by atoms with E-state index in [2.05, 4.69) is 0 Å². The van der Waals surface area contributed by atoms with E-state index >= 15 is 0 Å². The standard InChI is InChI=1S/C17H11IO4/c19-17(20)15-9-12-7-4-8-13(11-5-2-1-3-6-11)14(12)10-16(15)18(21)22/h1-10H,(H,19,20). The van der Waals surface area contributed by atoms with E-state index in [0.29, 0.717) is 5.39 Å². The lowest BCUT2D eigenvalue weighted by molar-refractivity contribution is 0.0696. The zero-order valence-corrected chi connectivity index (χ0v) is 13.5. The highest BCUT2D eigenvalue weighted by Crippen LogP contribution is 2.33. The van der Waals surface area contributed by atoms with Crippen molar-refractivity contribution < 1.29 is 16.0 Å². The van der Waals surface area contributed by atoms with Crippen molar-refractivity contribution in [3.8, 4) is 11.1 Å². The number of carboxylic acids is 1. The van der Waals surface area contributed by atoms with E-state index in [1.807, 2.05) is 42.5 Å². The number of benzene rings is 3. The van der Waals surface area contributed by atoms with Crippen LogP contribution in [-0.2, 0) is 6.14 Å². The number of carboxylic acid groups (broad SMARTS) is 1. The van der Waals surface area contributed by atoms with Crippen molar-refractivity contribution in [1.82, 2.24) is 0 Å². The van der Waals surface area contributed by atoms with Gasteiger partial charge < -0.3 is 5.11 Å². The van der Waals surface area contributed by atoms with Gasteiger partial charge in [-0.05, 0) is 34.0 Å². The monoisotopic (exact) mass is 406 g/mol. The second kappa shape index (κ2) is 5.84. The van der Waals surface area contributed by atoms with Crippen LogP contribution in [0.15, 0.2) is 60.7 Å². The third-order valence-electron chi connectivity index (χ3n) is 3.45. The van der Waals surface area contributed by atoms with Crippen molar-refractivity contribution >= 4 is 36.5 Å². The third-order valence-corrected chi connectivity index (χ3v) is 5.29. The Hall–Kier alpha value is -2.28. The second-order valence-corrected chi connectivity index (χ2v) is 7.15. The molecule has 22 heavy (non-hydrogen) atoms. The fourth-order valence-electron chi connectivity index (χ4n) is 2.46. The average Bonchev–Trinajstić information content (AvgIpc) is 2.53. The van der Waals surface area contributed by atoms with E-state index in [9.17, 15) is 16.0 Å². The Bertz CT molecular complexity index is 936. The Morgan fingerprint density at radius 1 is 0.909 bits per heavy atom. The number of carbonyl (C=O) groups is 1. The van der Waals surface area contributed by atoms with Gasteiger partial charge in [0.25, 0.3) is 0 Å². The smallest absolute Gasteiger partial charge is 0.341 e. The maximum atomic E-state index is 11.5. The van der Waals surface area contributed by atoms with E-state index < -0.39 is 25.8 Å². The van der Waals surface area contributed by atoms with Crippen molar-refractivity contribution in [2.75, 3.05) is 0 Å². The minimum absolute atomic E-state index is 0.0763. The maximum absolute atomic E-state index is 11.5. The molecule has 0 heterocycles. The predicted molar refractivity (Wildman–Crippen MR) is 90.4 cm³/mol. The number of rotatable bonds is 3. The molecular weight excluding hydrogens is 395 g/mol. The number of halogens is 1. The van der Waals surface area contributed by atoms with Gasteiger partial charge in [0.05, 0.1) is 9.13 Å². The van der Waals surface area contributed by atoms with Crippen molar-refractivity contribution in [3.63, 3.8) is 0 Å². The van der Waals surface area contributed by atoms with Crippen LogP contribution >= 0.6 is 19.8 Å². The van der Waals surface area contributed by atoms with E-state index in [-0.39, 0.29) is 9.13 Å². The van der Waals surface area contributed by atoms with Crippen molar-refractivity contribution in [3.05, 3.63) is 69.8 Å². The predicted octanol–water partition coefficient (Wildman–Crippen LogP) is 4.57. The highest BCUT2D eigenvalue weighted by molar-refractivity contribution is 14.2. The molecule has 0 aliphatic rings. The molecule has 0 aliphatic carbocycles.